The number of rotatable bonds is 1. The average molecular weight is 149 g/mol. The Kier molecular flexibility index (Phi) is 2.26. The fraction of sp³-hybridized carbons (Fsp3) is 0.222. The maximum absolute atomic E-state index is 9.33. The quantitative estimate of drug-likeness (QED) is 0.606. The van der Waals surface area contributed by atoms with Crippen molar-refractivity contribution in [3.8, 4) is 5.75 Å². The average Bonchev–Trinajstić information content (AvgIpc) is 1.97. The Balaban J connectivity index is 3.20. The number of phenols is 1. The second kappa shape index (κ2) is 3.19. The third kappa shape index (κ3) is 1.58. The summed E-state index contributed by atoms with van der Waals surface area (Å²) in [5.74, 6) is 0.288. The Morgan fingerprint density at radius 2 is 2.18 bits per heavy atom. The molecular weight excluding hydrogens is 138 g/mol. The minimum Gasteiger partial charge on any atom is -0.507 e. The van der Waals surface area contributed by atoms with Crippen molar-refractivity contribution in [1.82, 2.24) is 0 Å². The number of phenolic OH excluding ortho intramolecular Hbond substituents is 1. The fourth-order valence-corrected chi connectivity index (χ4v) is 0.962. The molecule has 1 aromatic rings. The van der Waals surface area contributed by atoms with Crippen molar-refractivity contribution in [2.24, 2.45) is 4.99 Å². The molecule has 1 N–H and O–H groups in total. The molecule has 0 fully saturated rings. The summed E-state index contributed by atoms with van der Waals surface area (Å²) in [7, 11) is 1.69. The largest absolute Gasteiger partial charge is 0.507 e. The molecule has 0 saturated carbocycles. The number of aryl methyl sites for hydroxylation is 1. The van der Waals surface area contributed by atoms with E-state index in [0.717, 1.165) is 11.1 Å². The standard InChI is InChI=1S/C9H11NO/c1-7-4-3-5-9(11)8(7)6-10-2/h3-6,11H,1-2H3. The number of benzene rings is 1. The lowest BCUT2D eigenvalue weighted by molar-refractivity contribution is 0.474. The van der Waals surface area contributed by atoms with Gasteiger partial charge < -0.3 is 5.11 Å². The summed E-state index contributed by atoms with van der Waals surface area (Å²) in [6, 6.07) is 5.42. The lowest BCUT2D eigenvalue weighted by Crippen LogP contribution is -1.86. The summed E-state index contributed by atoms with van der Waals surface area (Å²) in [5, 5.41) is 9.33. The van der Waals surface area contributed by atoms with E-state index in [4.69, 9.17) is 0 Å². The van der Waals surface area contributed by atoms with Gasteiger partial charge in [-0.05, 0) is 18.6 Å². The number of aliphatic imine (C=N–C) groups is 1. The Morgan fingerprint density at radius 1 is 1.45 bits per heavy atom. The molecule has 0 amide bonds. The number of hydrogen-bond donors (Lipinski definition) is 1. The van der Waals surface area contributed by atoms with Crippen LogP contribution in [0.3, 0.4) is 0 Å². The van der Waals surface area contributed by atoms with Crippen LogP contribution in [0.1, 0.15) is 11.1 Å². The minimum absolute atomic E-state index is 0.288. The zero-order valence-electron chi connectivity index (χ0n) is 6.70. The Morgan fingerprint density at radius 3 is 2.73 bits per heavy atom. The van der Waals surface area contributed by atoms with Crippen molar-refractivity contribution in [3.05, 3.63) is 29.3 Å². The molecule has 0 heterocycles. The van der Waals surface area contributed by atoms with Gasteiger partial charge in [0.25, 0.3) is 0 Å². The molecule has 0 radical (unpaired) electrons. The summed E-state index contributed by atoms with van der Waals surface area (Å²) in [6.07, 6.45) is 1.66. The molecule has 0 bridgehead atoms. The topological polar surface area (TPSA) is 32.6 Å². The van der Waals surface area contributed by atoms with E-state index in [0.29, 0.717) is 0 Å². The highest BCUT2D eigenvalue weighted by Gasteiger charge is 1.98. The van der Waals surface area contributed by atoms with Gasteiger partial charge in [-0.3, -0.25) is 4.99 Å². The van der Waals surface area contributed by atoms with Crippen LogP contribution in [-0.4, -0.2) is 18.4 Å². The minimum atomic E-state index is 0.288. The summed E-state index contributed by atoms with van der Waals surface area (Å²) >= 11 is 0. The molecule has 0 aliphatic heterocycles. The summed E-state index contributed by atoms with van der Waals surface area (Å²) in [5.41, 5.74) is 1.84. The monoisotopic (exact) mass is 149 g/mol. The molecule has 1 aromatic carbocycles. The van der Waals surface area contributed by atoms with Gasteiger partial charge in [0, 0.05) is 18.8 Å². The van der Waals surface area contributed by atoms with Crippen molar-refractivity contribution in [2.45, 2.75) is 6.92 Å². The third-order valence-electron chi connectivity index (χ3n) is 1.56. The Bertz CT molecular complexity index is 259. The molecular formula is C9H11NO. The summed E-state index contributed by atoms with van der Waals surface area (Å²) < 4.78 is 0. The fourth-order valence-electron chi connectivity index (χ4n) is 0.962. The first kappa shape index (κ1) is 7.79. The molecule has 0 aliphatic carbocycles. The van der Waals surface area contributed by atoms with Crippen LogP contribution in [0.25, 0.3) is 0 Å². The van der Waals surface area contributed by atoms with Gasteiger partial charge in [-0.15, -0.1) is 0 Å². The van der Waals surface area contributed by atoms with E-state index in [1.54, 1.807) is 19.3 Å². The molecule has 2 heteroatoms. The van der Waals surface area contributed by atoms with Gasteiger partial charge in [0.1, 0.15) is 5.75 Å². The van der Waals surface area contributed by atoms with E-state index >= 15 is 0 Å². The lowest BCUT2D eigenvalue weighted by atomic mass is 10.1. The van der Waals surface area contributed by atoms with E-state index in [9.17, 15) is 5.11 Å². The zero-order valence-corrected chi connectivity index (χ0v) is 6.70. The van der Waals surface area contributed by atoms with Crippen LogP contribution in [-0.2, 0) is 0 Å². The van der Waals surface area contributed by atoms with Crippen molar-refractivity contribution in [1.29, 1.82) is 0 Å². The van der Waals surface area contributed by atoms with Gasteiger partial charge in [-0.25, -0.2) is 0 Å². The van der Waals surface area contributed by atoms with Crippen molar-refractivity contribution in [3.63, 3.8) is 0 Å². The third-order valence-corrected chi connectivity index (χ3v) is 1.56. The molecule has 0 aliphatic rings. The highest BCUT2D eigenvalue weighted by atomic mass is 16.3. The molecule has 0 spiro atoms. The Hall–Kier alpha value is -1.31. The maximum atomic E-state index is 9.33. The van der Waals surface area contributed by atoms with Crippen LogP contribution in [0, 0.1) is 6.92 Å². The van der Waals surface area contributed by atoms with Crippen LogP contribution in [0.5, 0.6) is 5.75 Å². The van der Waals surface area contributed by atoms with Crippen molar-refractivity contribution < 1.29 is 5.11 Å². The van der Waals surface area contributed by atoms with Crippen LogP contribution in [0.15, 0.2) is 23.2 Å². The van der Waals surface area contributed by atoms with E-state index in [1.165, 1.54) is 0 Å². The van der Waals surface area contributed by atoms with Gasteiger partial charge in [0.2, 0.25) is 0 Å². The van der Waals surface area contributed by atoms with Gasteiger partial charge in [0.05, 0.1) is 0 Å². The van der Waals surface area contributed by atoms with Gasteiger partial charge >= 0.3 is 0 Å². The second-order valence-corrected chi connectivity index (χ2v) is 2.40. The molecule has 0 saturated heterocycles. The van der Waals surface area contributed by atoms with E-state index in [1.807, 2.05) is 19.1 Å². The van der Waals surface area contributed by atoms with E-state index in [2.05, 4.69) is 4.99 Å². The van der Waals surface area contributed by atoms with Gasteiger partial charge in [-0.1, -0.05) is 12.1 Å². The second-order valence-electron chi connectivity index (χ2n) is 2.40. The van der Waals surface area contributed by atoms with Gasteiger partial charge in [0.15, 0.2) is 0 Å². The van der Waals surface area contributed by atoms with Crippen LogP contribution >= 0.6 is 0 Å². The molecule has 2 nitrogen and oxygen atoms in total. The predicted octanol–water partition coefficient (Wildman–Crippen LogP) is 1.75. The number of aromatic hydroxyl groups is 1. The molecule has 0 aromatic heterocycles. The maximum Gasteiger partial charge on any atom is 0.124 e. The van der Waals surface area contributed by atoms with Gasteiger partial charge in [-0.2, -0.15) is 0 Å². The predicted molar refractivity (Wildman–Crippen MR) is 46.4 cm³/mol. The van der Waals surface area contributed by atoms with E-state index in [-0.39, 0.29) is 5.75 Å². The lowest BCUT2D eigenvalue weighted by Gasteiger charge is -2.00. The normalized spacial score (nSPS) is 10.7. The van der Waals surface area contributed by atoms with Crippen LogP contribution in [0.4, 0.5) is 0 Å². The highest BCUT2D eigenvalue weighted by Crippen LogP contribution is 2.17. The highest BCUT2D eigenvalue weighted by molar-refractivity contribution is 5.85. The number of hydrogen-bond acceptors (Lipinski definition) is 2. The van der Waals surface area contributed by atoms with Crippen LogP contribution < -0.4 is 0 Å². The first-order valence-electron chi connectivity index (χ1n) is 3.46. The molecule has 58 valence electrons. The Labute approximate surface area is 66.2 Å². The smallest absolute Gasteiger partial charge is 0.124 e. The molecule has 0 unspecified atom stereocenters. The molecule has 1 rings (SSSR count). The van der Waals surface area contributed by atoms with Crippen LogP contribution in [0.2, 0.25) is 0 Å². The number of nitrogens with zero attached hydrogens (tertiary/aromatic N) is 1. The molecule has 11 heavy (non-hydrogen) atoms. The molecule has 0 atom stereocenters. The van der Waals surface area contributed by atoms with Crippen molar-refractivity contribution >= 4 is 6.21 Å². The SMILES string of the molecule is CN=Cc1c(C)cccc1O. The van der Waals surface area contributed by atoms with E-state index < -0.39 is 0 Å². The first-order chi connectivity index (χ1) is 5.25. The zero-order chi connectivity index (χ0) is 8.27. The summed E-state index contributed by atoms with van der Waals surface area (Å²) in [4.78, 5) is 3.84. The summed E-state index contributed by atoms with van der Waals surface area (Å²) in [6.45, 7) is 1.94. The van der Waals surface area contributed by atoms with Crippen molar-refractivity contribution in [2.75, 3.05) is 7.05 Å². The first-order valence-corrected chi connectivity index (χ1v) is 3.46.